The summed E-state index contributed by atoms with van der Waals surface area (Å²) in [6.45, 7) is -0.109. The summed E-state index contributed by atoms with van der Waals surface area (Å²) in [7, 11) is 0. The van der Waals surface area contributed by atoms with Gasteiger partial charge in [0, 0.05) is 17.3 Å². The third kappa shape index (κ3) is 5.59. The minimum atomic E-state index is -1.58. The molecular formula is C25H26Cl2N4O7. The molecule has 0 spiro atoms. The van der Waals surface area contributed by atoms with E-state index in [0.29, 0.717) is 40.1 Å². The molecule has 0 bridgehead atoms. The summed E-state index contributed by atoms with van der Waals surface area (Å²) in [5.41, 5.74) is 7.00. The maximum absolute atomic E-state index is 13.4. The summed E-state index contributed by atoms with van der Waals surface area (Å²) in [6.07, 6.45) is 0.819. The summed E-state index contributed by atoms with van der Waals surface area (Å²) < 4.78 is 1.33. The van der Waals surface area contributed by atoms with Crippen molar-refractivity contribution in [3.8, 4) is 0 Å². The van der Waals surface area contributed by atoms with Gasteiger partial charge in [0.15, 0.2) is 5.92 Å². The molecule has 0 saturated carbocycles. The summed E-state index contributed by atoms with van der Waals surface area (Å²) in [5.74, 6) is -5.81. The number of hydrogen-bond acceptors (Lipinski definition) is 6. The number of aryl methyl sites for hydroxylation is 2. The molecule has 1 aliphatic heterocycles. The van der Waals surface area contributed by atoms with Crippen LogP contribution < -0.4 is 22.2 Å². The number of nitrogens with one attached hydrogen (secondary N) is 2. The van der Waals surface area contributed by atoms with Gasteiger partial charge in [-0.15, -0.1) is 12.4 Å². The fourth-order valence-corrected chi connectivity index (χ4v) is 5.16. The zero-order valence-corrected chi connectivity index (χ0v) is 21.6. The Morgan fingerprint density at radius 2 is 1.84 bits per heavy atom. The van der Waals surface area contributed by atoms with Crippen LogP contribution in [0.3, 0.4) is 0 Å². The van der Waals surface area contributed by atoms with E-state index in [9.17, 15) is 24.0 Å². The molecule has 1 amide bonds. The van der Waals surface area contributed by atoms with Gasteiger partial charge in [0.05, 0.1) is 23.0 Å². The average Bonchev–Trinajstić information content (AvgIpc) is 2.83. The van der Waals surface area contributed by atoms with Crippen molar-refractivity contribution >= 4 is 58.6 Å². The first-order valence-corrected chi connectivity index (χ1v) is 12.0. The van der Waals surface area contributed by atoms with Crippen molar-refractivity contribution in [3.05, 3.63) is 73.3 Å². The minimum Gasteiger partial charge on any atom is -0.481 e. The van der Waals surface area contributed by atoms with Crippen molar-refractivity contribution in [2.75, 3.05) is 11.9 Å². The van der Waals surface area contributed by atoms with Crippen molar-refractivity contribution < 1.29 is 24.6 Å². The van der Waals surface area contributed by atoms with Crippen LogP contribution in [0.1, 0.15) is 30.0 Å². The largest absolute Gasteiger partial charge is 0.481 e. The number of carboxylic acids is 2. The molecule has 0 fully saturated rings. The number of nitrogens with two attached hydrogens (primary N) is 1. The van der Waals surface area contributed by atoms with E-state index < -0.39 is 46.8 Å². The number of nitrogens with zero attached hydrogens (tertiary/aromatic N) is 1. The second kappa shape index (κ2) is 11.8. The Morgan fingerprint density at radius 1 is 1.16 bits per heavy atom. The number of benzene rings is 2. The molecule has 2 atom stereocenters. The van der Waals surface area contributed by atoms with E-state index in [1.807, 2.05) is 0 Å². The van der Waals surface area contributed by atoms with Crippen molar-refractivity contribution in [2.24, 2.45) is 17.6 Å². The van der Waals surface area contributed by atoms with Crippen molar-refractivity contribution in [1.82, 2.24) is 9.55 Å². The van der Waals surface area contributed by atoms with Crippen LogP contribution >= 0.6 is 24.0 Å². The van der Waals surface area contributed by atoms with Crippen LogP contribution in [0.2, 0.25) is 5.02 Å². The SMILES string of the molecule is Cl.NCC(C(=O)Nc1ccccc1CCC(C(=O)O)C(=O)O)[C@@H]1CCc2cc(Cl)cc3[nH]c(=O)c(=O)n1c23. The molecule has 38 heavy (non-hydrogen) atoms. The Balaban J connectivity index is 0.00000400. The van der Waals surface area contributed by atoms with Gasteiger partial charge >= 0.3 is 23.1 Å². The number of rotatable bonds is 9. The zero-order chi connectivity index (χ0) is 26.9. The highest BCUT2D eigenvalue weighted by atomic mass is 35.5. The van der Waals surface area contributed by atoms with Gasteiger partial charge in [-0.2, -0.15) is 0 Å². The number of amides is 1. The molecule has 4 rings (SSSR count). The molecule has 0 aliphatic carbocycles. The Kier molecular flexibility index (Phi) is 8.97. The van der Waals surface area contributed by atoms with E-state index in [4.69, 9.17) is 27.5 Å². The Labute approximate surface area is 227 Å². The monoisotopic (exact) mass is 564 g/mol. The molecular weight excluding hydrogens is 539 g/mol. The molecule has 2 aromatic carbocycles. The second-order valence-electron chi connectivity index (χ2n) is 8.95. The lowest BCUT2D eigenvalue weighted by atomic mass is 9.88. The van der Waals surface area contributed by atoms with Gasteiger partial charge in [-0.05, 0) is 55.0 Å². The number of aromatic amines is 1. The molecule has 6 N–H and O–H groups in total. The number of carboxylic acid groups (broad SMARTS) is 2. The molecule has 2 heterocycles. The Morgan fingerprint density at radius 3 is 2.50 bits per heavy atom. The van der Waals surface area contributed by atoms with E-state index in [2.05, 4.69) is 10.3 Å². The third-order valence-electron chi connectivity index (χ3n) is 6.73. The maximum atomic E-state index is 13.4. The second-order valence-corrected chi connectivity index (χ2v) is 9.39. The molecule has 1 aromatic heterocycles. The average molecular weight is 565 g/mol. The van der Waals surface area contributed by atoms with Crippen LogP contribution in [-0.4, -0.2) is 44.2 Å². The lowest BCUT2D eigenvalue weighted by molar-refractivity contribution is -0.154. The summed E-state index contributed by atoms with van der Waals surface area (Å²) >= 11 is 6.17. The highest BCUT2D eigenvalue weighted by Gasteiger charge is 2.34. The first-order chi connectivity index (χ1) is 17.6. The first kappa shape index (κ1) is 28.9. The molecule has 3 aromatic rings. The predicted octanol–water partition coefficient (Wildman–Crippen LogP) is 2.18. The number of halogens is 2. The number of anilines is 1. The van der Waals surface area contributed by atoms with E-state index in [1.165, 1.54) is 4.57 Å². The molecule has 1 unspecified atom stereocenters. The van der Waals surface area contributed by atoms with E-state index in [0.717, 1.165) is 5.56 Å². The number of hydrogen-bond donors (Lipinski definition) is 5. The van der Waals surface area contributed by atoms with E-state index >= 15 is 0 Å². The molecule has 0 saturated heterocycles. The Bertz CT molecular complexity index is 1500. The van der Waals surface area contributed by atoms with Crippen molar-refractivity contribution in [1.29, 1.82) is 0 Å². The van der Waals surface area contributed by atoms with Gasteiger partial charge < -0.3 is 26.2 Å². The summed E-state index contributed by atoms with van der Waals surface area (Å²) in [6, 6.07) is 9.24. The number of carbonyl (C=O) groups excluding carboxylic acids is 1. The van der Waals surface area contributed by atoms with Crippen LogP contribution in [0, 0.1) is 11.8 Å². The fraction of sp³-hybridized carbons (Fsp3) is 0.320. The normalized spacial score (nSPS) is 15.1. The van der Waals surface area contributed by atoms with Crippen LogP contribution in [0.4, 0.5) is 5.69 Å². The highest BCUT2D eigenvalue weighted by Crippen LogP contribution is 2.34. The molecule has 0 radical (unpaired) electrons. The predicted molar refractivity (Wildman–Crippen MR) is 143 cm³/mol. The molecule has 11 nitrogen and oxygen atoms in total. The number of aromatic nitrogens is 2. The summed E-state index contributed by atoms with van der Waals surface area (Å²) in [4.78, 5) is 63.8. The van der Waals surface area contributed by atoms with Crippen LogP contribution in [0.15, 0.2) is 46.0 Å². The highest BCUT2D eigenvalue weighted by molar-refractivity contribution is 6.31. The molecule has 13 heteroatoms. The zero-order valence-electron chi connectivity index (χ0n) is 20.0. The summed E-state index contributed by atoms with van der Waals surface area (Å²) in [5, 5.41) is 21.5. The van der Waals surface area contributed by atoms with Gasteiger partial charge in [0.25, 0.3) is 0 Å². The first-order valence-electron chi connectivity index (χ1n) is 11.6. The van der Waals surface area contributed by atoms with E-state index in [-0.39, 0.29) is 31.8 Å². The van der Waals surface area contributed by atoms with Crippen LogP contribution in [0.25, 0.3) is 11.0 Å². The molecule has 1 aliphatic rings. The van der Waals surface area contributed by atoms with Crippen LogP contribution in [-0.2, 0) is 27.2 Å². The Hall–Kier alpha value is -3.67. The van der Waals surface area contributed by atoms with Crippen molar-refractivity contribution in [3.63, 3.8) is 0 Å². The van der Waals surface area contributed by atoms with E-state index in [1.54, 1.807) is 36.4 Å². The molecule has 202 valence electrons. The topological polar surface area (TPSA) is 185 Å². The van der Waals surface area contributed by atoms with Crippen molar-refractivity contribution in [2.45, 2.75) is 31.7 Å². The number of carbonyl (C=O) groups is 3. The van der Waals surface area contributed by atoms with Gasteiger partial charge in [0.2, 0.25) is 5.91 Å². The smallest absolute Gasteiger partial charge is 0.317 e. The fourth-order valence-electron chi connectivity index (χ4n) is 4.92. The van der Waals surface area contributed by atoms with Crippen LogP contribution in [0.5, 0.6) is 0 Å². The lowest BCUT2D eigenvalue weighted by Crippen LogP contribution is -2.46. The van der Waals surface area contributed by atoms with Gasteiger partial charge in [-0.1, -0.05) is 29.8 Å². The quantitative estimate of drug-likeness (QED) is 0.193. The third-order valence-corrected chi connectivity index (χ3v) is 6.94. The number of para-hydroxylation sites is 1. The number of H-pyrrole nitrogens is 1. The number of aliphatic carboxylic acids is 2. The standard InChI is InChI=1S/C25H25ClN4O7.ClH/c26-14-9-13-6-8-19(30-20(13)18(10-14)29-22(32)23(30)33)16(11-27)21(31)28-17-4-2-1-3-12(17)5-7-15(24(34)35)25(36)37;/h1-4,9-10,15-16,19H,5-8,11,27H2,(H,28,31)(H,29,32)(H,34,35)(H,36,37);1H/t16?,19-;/m0./s1. The van der Waals surface area contributed by atoms with Gasteiger partial charge in [-0.25, -0.2) is 0 Å². The maximum Gasteiger partial charge on any atom is 0.317 e. The minimum absolute atomic E-state index is 0. The van der Waals surface area contributed by atoms with Gasteiger partial charge in [-0.3, -0.25) is 28.5 Å². The van der Waals surface area contributed by atoms with Gasteiger partial charge in [0.1, 0.15) is 0 Å². The lowest BCUT2D eigenvalue weighted by Gasteiger charge is -2.32.